The number of para-hydroxylation sites is 2. The minimum absolute atomic E-state index is 0.0516. The predicted octanol–water partition coefficient (Wildman–Crippen LogP) is 3.07. The molecule has 0 aliphatic carbocycles. The van der Waals surface area contributed by atoms with Crippen LogP contribution in [0, 0.1) is 0 Å². The fourth-order valence-corrected chi connectivity index (χ4v) is 3.40. The number of rotatable bonds is 8. The van der Waals surface area contributed by atoms with E-state index >= 15 is 0 Å². The Morgan fingerprint density at radius 2 is 1.82 bits per heavy atom. The van der Waals surface area contributed by atoms with E-state index < -0.39 is 0 Å². The van der Waals surface area contributed by atoms with Crippen LogP contribution in [-0.2, 0) is 11.2 Å². The Balaban J connectivity index is 1.50. The molecule has 1 unspecified atom stereocenters. The fraction of sp³-hybridized carbons (Fsp3) is 0.364. The summed E-state index contributed by atoms with van der Waals surface area (Å²) in [6.45, 7) is 3.12. The summed E-state index contributed by atoms with van der Waals surface area (Å²) in [5.74, 6) is 0.521. The number of benzene rings is 2. The van der Waals surface area contributed by atoms with Gasteiger partial charge in [-0.15, -0.1) is 0 Å². The average molecular weight is 381 g/mol. The maximum Gasteiger partial charge on any atom is 0.325 e. The highest BCUT2D eigenvalue weighted by atomic mass is 16.5. The van der Waals surface area contributed by atoms with Gasteiger partial charge in [-0.3, -0.25) is 9.69 Å². The minimum Gasteiger partial charge on any atom is -0.495 e. The molecule has 0 bridgehead atoms. The Hall–Kier alpha value is -3.02. The molecule has 0 spiro atoms. The van der Waals surface area contributed by atoms with Crippen molar-refractivity contribution in [1.82, 2.24) is 10.2 Å². The summed E-state index contributed by atoms with van der Waals surface area (Å²) < 4.78 is 5.35. The number of anilines is 1. The van der Waals surface area contributed by atoms with E-state index in [4.69, 9.17) is 4.74 Å². The second-order valence-electron chi connectivity index (χ2n) is 7.02. The summed E-state index contributed by atoms with van der Waals surface area (Å²) in [5.41, 5.74) is 1.99. The van der Waals surface area contributed by atoms with Gasteiger partial charge in [-0.25, -0.2) is 4.79 Å². The van der Waals surface area contributed by atoms with E-state index in [0.717, 1.165) is 18.5 Å². The lowest BCUT2D eigenvalue weighted by atomic mass is 10.1. The molecule has 148 valence electrons. The molecule has 1 fully saturated rings. The van der Waals surface area contributed by atoms with Crippen molar-refractivity contribution in [2.45, 2.75) is 25.8 Å². The summed E-state index contributed by atoms with van der Waals surface area (Å²) in [7, 11) is 1.58. The average Bonchev–Trinajstić information content (AvgIpc) is 3.07. The summed E-state index contributed by atoms with van der Waals surface area (Å²) in [6.07, 6.45) is 1.77. The second-order valence-corrected chi connectivity index (χ2v) is 7.02. The molecule has 1 atom stereocenters. The first-order valence-electron chi connectivity index (χ1n) is 9.61. The smallest absolute Gasteiger partial charge is 0.325 e. The molecule has 28 heavy (non-hydrogen) atoms. The van der Waals surface area contributed by atoms with Crippen molar-refractivity contribution in [3.05, 3.63) is 60.2 Å². The Bertz CT molecular complexity index is 810. The molecule has 1 aliphatic heterocycles. The van der Waals surface area contributed by atoms with Crippen LogP contribution in [0.5, 0.6) is 5.75 Å². The largest absolute Gasteiger partial charge is 0.495 e. The lowest BCUT2D eigenvalue weighted by molar-refractivity contribution is -0.122. The van der Waals surface area contributed by atoms with Crippen molar-refractivity contribution in [1.29, 1.82) is 0 Å². The van der Waals surface area contributed by atoms with Crippen LogP contribution >= 0.6 is 0 Å². The lowest BCUT2D eigenvalue weighted by Crippen LogP contribution is -2.43. The van der Waals surface area contributed by atoms with Gasteiger partial charge in [0, 0.05) is 19.1 Å². The second kappa shape index (κ2) is 9.26. The zero-order valence-electron chi connectivity index (χ0n) is 16.4. The SMILES string of the molecule is COc1ccccc1N1CCN(CC(=O)NC(C)CCc2ccccc2)C1=O. The molecular weight excluding hydrogens is 354 g/mol. The van der Waals surface area contributed by atoms with Crippen LogP contribution in [0.3, 0.4) is 0 Å². The first-order valence-corrected chi connectivity index (χ1v) is 9.61. The van der Waals surface area contributed by atoms with Crippen LogP contribution < -0.4 is 15.0 Å². The molecule has 1 saturated heterocycles. The lowest BCUT2D eigenvalue weighted by Gasteiger charge is -2.21. The molecular formula is C22H27N3O3. The number of urea groups is 1. The van der Waals surface area contributed by atoms with Gasteiger partial charge >= 0.3 is 6.03 Å². The molecule has 6 nitrogen and oxygen atoms in total. The number of carbonyl (C=O) groups excluding carboxylic acids is 2. The van der Waals surface area contributed by atoms with Crippen LogP contribution in [0.1, 0.15) is 18.9 Å². The van der Waals surface area contributed by atoms with E-state index in [1.807, 2.05) is 49.4 Å². The highest BCUT2D eigenvalue weighted by molar-refractivity contribution is 5.97. The number of hydrogen-bond acceptors (Lipinski definition) is 3. The van der Waals surface area contributed by atoms with Crippen LogP contribution in [0.25, 0.3) is 0 Å². The number of hydrogen-bond donors (Lipinski definition) is 1. The minimum atomic E-state index is -0.170. The molecule has 0 saturated carbocycles. The number of nitrogens with one attached hydrogen (secondary N) is 1. The van der Waals surface area contributed by atoms with Crippen LogP contribution in [0.15, 0.2) is 54.6 Å². The fourth-order valence-electron chi connectivity index (χ4n) is 3.40. The zero-order valence-corrected chi connectivity index (χ0v) is 16.4. The number of methoxy groups -OCH3 is 1. The Morgan fingerprint density at radius 1 is 1.11 bits per heavy atom. The molecule has 0 radical (unpaired) electrons. The van der Waals surface area contributed by atoms with E-state index in [1.54, 1.807) is 16.9 Å². The number of ether oxygens (including phenoxy) is 1. The first kappa shape index (κ1) is 19.7. The summed E-state index contributed by atoms with van der Waals surface area (Å²) >= 11 is 0. The van der Waals surface area contributed by atoms with Crippen molar-refractivity contribution in [2.75, 3.05) is 31.6 Å². The van der Waals surface area contributed by atoms with Gasteiger partial charge in [0.25, 0.3) is 0 Å². The van der Waals surface area contributed by atoms with Crippen LogP contribution in [-0.4, -0.2) is 49.6 Å². The molecule has 6 heteroatoms. The van der Waals surface area contributed by atoms with Crippen molar-refractivity contribution < 1.29 is 14.3 Å². The zero-order chi connectivity index (χ0) is 19.9. The maximum absolute atomic E-state index is 12.7. The van der Waals surface area contributed by atoms with Gasteiger partial charge in [0.05, 0.1) is 12.8 Å². The molecule has 1 heterocycles. The normalized spacial score (nSPS) is 14.9. The Labute approximate surface area is 166 Å². The van der Waals surface area contributed by atoms with Crippen molar-refractivity contribution in [3.8, 4) is 5.75 Å². The molecule has 3 rings (SSSR count). The molecule has 3 amide bonds. The molecule has 1 aliphatic rings. The van der Waals surface area contributed by atoms with Gasteiger partial charge in [-0.1, -0.05) is 42.5 Å². The van der Waals surface area contributed by atoms with Gasteiger partial charge in [-0.2, -0.15) is 0 Å². The highest BCUT2D eigenvalue weighted by Gasteiger charge is 2.32. The summed E-state index contributed by atoms with van der Waals surface area (Å²) in [5, 5.41) is 3.00. The highest BCUT2D eigenvalue weighted by Crippen LogP contribution is 2.30. The predicted molar refractivity (Wildman–Crippen MR) is 110 cm³/mol. The van der Waals surface area contributed by atoms with Gasteiger partial charge in [0.2, 0.25) is 5.91 Å². The van der Waals surface area contributed by atoms with E-state index in [0.29, 0.717) is 18.8 Å². The van der Waals surface area contributed by atoms with Crippen LogP contribution in [0.4, 0.5) is 10.5 Å². The molecule has 2 aromatic carbocycles. The van der Waals surface area contributed by atoms with Gasteiger partial charge in [-0.05, 0) is 37.5 Å². The van der Waals surface area contributed by atoms with E-state index in [2.05, 4.69) is 17.4 Å². The van der Waals surface area contributed by atoms with E-state index in [-0.39, 0.29) is 24.5 Å². The standard InChI is InChI=1S/C22H27N3O3/c1-17(12-13-18-8-4-3-5-9-18)23-21(26)16-24-14-15-25(22(24)27)19-10-6-7-11-20(19)28-2/h3-11,17H,12-16H2,1-2H3,(H,23,26). The number of aryl methyl sites for hydroxylation is 1. The van der Waals surface area contributed by atoms with Crippen molar-refractivity contribution in [2.24, 2.45) is 0 Å². The van der Waals surface area contributed by atoms with Crippen molar-refractivity contribution >= 4 is 17.6 Å². The molecule has 0 aromatic heterocycles. The number of amides is 3. The maximum atomic E-state index is 12.7. The Morgan fingerprint density at radius 3 is 2.57 bits per heavy atom. The van der Waals surface area contributed by atoms with Crippen LogP contribution in [0.2, 0.25) is 0 Å². The van der Waals surface area contributed by atoms with Gasteiger partial charge in [0.15, 0.2) is 0 Å². The van der Waals surface area contributed by atoms with Gasteiger partial charge in [0.1, 0.15) is 12.3 Å². The first-order chi connectivity index (χ1) is 13.6. The molecule has 1 N–H and O–H groups in total. The Kier molecular flexibility index (Phi) is 6.53. The summed E-state index contributed by atoms with van der Waals surface area (Å²) in [4.78, 5) is 28.3. The quantitative estimate of drug-likeness (QED) is 0.764. The number of carbonyl (C=O) groups is 2. The third-order valence-corrected chi connectivity index (χ3v) is 4.92. The topological polar surface area (TPSA) is 61.9 Å². The monoisotopic (exact) mass is 381 g/mol. The summed E-state index contributed by atoms with van der Waals surface area (Å²) in [6, 6.07) is 17.5. The van der Waals surface area contributed by atoms with Crippen molar-refractivity contribution in [3.63, 3.8) is 0 Å². The third-order valence-electron chi connectivity index (χ3n) is 4.92. The van der Waals surface area contributed by atoms with E-state index in [9.17, 15) is 9.59 Å². The number of nitrogens with zero attached hydrogens (tertiary/aromatic N) is 2. The molecule has 2 aromatic rings. The third kappa shape index (κ3) is 4.82. The van der Waals surface area contributed by atoms with E-state index in [1.165, 1.54) is 5.56 Å². The van der Waals surface area contributed by atoms with Gasteiger partial charge < -0.3 is 15.0 Å².